The van der Waals surface area contributed by atoms with Gasteiger partial charge in [-0.2, -0.15) is 0 Å². The molecular weight excluding hydrogens is 292 g/mol. The lowest BCUT2D eigenvalue weighted by molar-refractivity contribution is -0.0560. The number of piperidine rings is 1. The number of nitrogens with two attached hydrogens (primary N) is 1. The van der Waals surface area contributed by atoms with Crippen LogP contribution in [0.4, 0.5) is 14.5 Å². The van der Waals surface area contributed by atoms with E-state index in [-0.39, 0.29) is 42.1 Å². The highest BCUT2D eigenvalue weighted by atomic mass is 19.3. The van der Waals surface area contributed by atoms with Gasteiger partial charge in [-0.05, 0) is 24.6 Å². The van der Waals surface area contributed by atoms with E-state index in [1.165, 1.54) is 23.1 Å². The number of hydrogen-bond acceptors (Lipinski definition) is 3. The van der Waals surface area contributed by atoms with Gasteiger partial charge in [0.25, 0.3) is 17.7 Å². The van der Waals surface area contributed by atoms with Gasteiger partial charge in [-0.15, -0.1) is 0 Å². The molecule has 2 N–H and O–H groups in total. The first-order chi connectivity index (χ1) is 10.2. The fraction of sp³-hybridized carbons (Fsp3) is 0.467. The molecule has 5 nitrogen and oxygen atoms in total. The molecule has 120 valence electrons. The van der Waals surface area contributed by atoms with Crippen LogP contribution in [0.15, 0.2) is 18.2 Å². The van der Waals surface area contributed by atoms with Crippen LogP contribution >= 0.6 is 0 Å². The third kappa shape index (κ3) is 3.52. The van der Waals surface area contributed by atoms with Crippen LogP contribution in [-0.2, 0) is 0 Å². The van der Waals surface area contributed by atoms with Gasteiger partial charge in [0.2, 0.25) is 0 Å². The SMILES string of the molecule is CN(C)C(=O)c1cc(N)cc(C(=O)N2CCCC(F)(F)C2)c1. The molecule has 1 aromatic carbocycles. The van der Waals surface area contributed by atoms with Gasteiger partial charge in [-0.25, -0.2) is 8.78 Å². The van der Waals surface area contributed by atoms with Crippen molar-refractivity contribution >= 4 is 17.5 Å². The van der Waals surface area contributed by atoms with E-state index in [1.807, 2.05) is 0 Å². The average Bonchev–Trinajstić information content (AvgIpc) is 2.43. The molecule has 7 heteroatoms. The van der Waals surface area contributed by atoms with Crippen molar-refractivity contribution in [2.75, 3.05) is 32.9 Å². The first-order valence-electron chi connectivity index (χ1n) is 6.99. The summed E-state index contributed by atoms with van der Waals surface area (Å²) in [6.07, 6.45) is 0.0443. The number of likely N-dealkylation sites (tertiary alicyclic amines) is 1. The zero-order chi connectivity index (χ0) is 16.5. The Balaban J connectivity index is 2.28. The molecule has 0 spiro atoms. The van der Waals surface area contributed by atoms with Crippen LogP contribution in [0, 0.1) is 0 Å². The number of nitrogen functional groups attached to an aromatic ring is 1. The number of alkyl halides is 2. The Labute approximate surface area is 127 Å². The van der Waals surface area contributed by atoms with Crippen molar-refractivity contribution in [3.8, 4) is 0 Å². The largest absolute Gasteiger partial charge is 0.399 e. The Morgan fingerprint density at radius 1 is 1.23 bits per heavy atom. The van der Waals surface area contributed by atoms with Gasteiger partial charge >= 0.3 is 0 Å². The molecule has 1 saturated heterocycles. The van der Waals surface area contributed by atoms with Crippen LogP contribution in [-0.4, -0.2) is 54.7 Å². The molecule has 1 fully saturated rings. The molecule has 0 bridgehead atoms. The van der Waals surface area contributed by atoms with E-state index in [0.29, 0.717) is 0 Å². The smallest absolute Gasteiger partial charge is 0.265 e. The van der Waals surface area contributed by atoms with Crippen molar-refractivity contribution in [1.82, 2.24) is 9.80 Å². The molecule has 0 aromatic heterocycles. The van der Waals surface area contributed by atoms with Gasteiger partial charge in [0, 0.05) is 43.9 Å². The summed E-state index contributed by atoms with van der Waals surface area (Å²) in [6.45, 7) is -0.322. The number of anilines is 1. The van der Waals surface area contributed by atoms with Crippen LogP contribution in [0.1, 0.15) is 33.6 Å². The predicted octanol–water partition coefficient (Wildman–Crippen LogP) is 1.84. The van der Waals surface area contributed by atoms with Crippen LogP contribution < -0.4 is 5.73 Å². The van der Waals surface area contributed by atoms with Crippen molar-refractivity contribution in [2.45, 2.75) is 18.8 Å². The fourth-order valence-electron chi connectivity index (χ4n) is 2.48. The highest BCUT2D eigenvalue weighted by Gasteiger charge is 2.37. The number of carbonyl (C=O) groups excluding carboxylic acids is 2. The number of halogens is 2. The molecule has 0 aliphatic carbocycles. The van der Waals surface area contributed by atoms with Crippen molar-refractivity contribution in [1.29, 1.82) is 0 Å². The molecule has 0 atom stereocenters. The molecule has 22 heavy (non-hydrogen) atoms. The maximum absolute atomic E-state index is 13.4. The lowest BCUT2D eigenvalue weighted by Gasteiger charge is -2.32. The Hall–Kier alpha value is -2.18. The van der Waals surface area contributed by atoms with E-state index in [1.54, 1.807) is 14.1 Å². The standard InChI is InChI=1S/C15H19F2N3O2/c1-19(2)13(21)10-6-11(8-12(18)7-10)14(22)20-5-3-4-15(16,17)9-20/h6-8H,3-5,9,18H2,1-2H3. The second kappa shape index (κ2) is 5.90. The van der Waals surface area contributed by atoms with E-state index in [2.05, 4.69) is 0 Å². The van der Waals surface area contributed by atoms with Gasteiger partial charge < -0.3 is 15.5 Å². The maximum Gasteiger partial charge on any atom is 0.265 e. The van der Waals surface area contributed by atoms with E-state index in [9.17, 15) is 18.4 Å². The fourth-order valence-corrected chi connectivity index (χ4v) is 2.48. The van der Waals surface area contributed by atoms with E-state index < -0.39 is 18.4 Å². The number of nitrogens with zero attached hydrogens (tertiary/aromatic N) is 2. The Morgan fingerprint density at radius 2 is 1.86 bits per heavy atom. The van der Waals surface area contributed by atoms with Gasteiger partial charge in [0.1, 0.15) is 0 Å². The number of rotatable bonds is 2. The molecule has 0 unspecified atom stereocenters. The average molecular weight is 311 g/mol. The molecule has 1 aromatic rings. The van der Waals surface area contributed by atoms with Gasteiger partial charge in [0.15, 0.2) is 0 Å². The molecule has 2 rings (SSSR count). The quantitative estimate of drug-likeness (QED) is 0.848. The van der Waals surface area contributed by atoms with Gasteiger partial charge in [-0.3, -0.25) is 9.59 Å². The number of benzene rings is 1. The molecule has 2 amide bonds. The Morgan fingerprint density at radius 3 is 2.45 bits per heavy atom. The molecule has 0 saturated carbocycles. The normalized spacial score (nSPS) is 17.2. The second-order valence-corrected chi connectivity index (χ2v) is 5.73. The first-order valence-corrected chi connectivity index (χ1v) is 6.99. The molecule has 1 aliphatic heterocycles. The first kappa shape index (κ1) is 16.2. The molecule has 0 radical (unpaired) electrons. The summed E-state index contributed by atoms with van der Waals surface area (Å²) in [6, 6.07) is 4.26. The minimum absolute atomic E-state index is 0.155. The number of carbonyl (C=O) groups is 2. The summed E-state index contributed by atoms with van der Waals surface area (Å²) in [5.74, 6) is -3.69. The van der Waals surface area contributed by atoms with Crippen LogP contribution in [0.25, 0.3) is 0 Å². The highest BCUT2D eigenvalue weighted by Crippen LogP contribution is 2.28. The van der Waals surface area contributed by atoms with E-state index in [0.717, 1.165) is 4.90 Å². The van der Waals surface area contributed by atoms with Gasteiger partial charge in [-0.1, -0.05) is 0 Å². The minimum Gasteiger partial charge on any atom is -0.399 e. The van der Waals surface area contributed by atoms with Crippen molar-refractivity contribution in [3.63, 3.8) is 0 Å². The third-order valence-electron chi connectivity index (χ3n) is 3.54. The zero-order valence-corrected chi connectivity index (χ0v) is 12.6. The van der Waals surface area contributed by atoms with Gasteiger partial charge in [0.05, 0.1) is 6.54 Å². The molecular formula is C15H19F2N3O2. The van der Waals surface area contributed by atoms with Crippen LogP contribution in [0.3, 0.4) is 0 Å². The Kier molecular flexibility index (Phi) is 4.35. The predicted molar refractivity (Wildman–Crippen MR) is 79.0 cm³/mol. The lowest BCUT2D eigenvalue weighted by atomic mass is 10.0. The summed E-state index contributed by atoms with van der Waals surface area (Å²) in [4.78, 5) is 26.8. The zero-order valence-electron chi connectivity index (χ0n) is 12.6. The van der Waals surface area contributed by atoms with Crippen LogP contribution in [0.5, 0.6) is 0 Å². The number of hydrogen-bond donors (Lipinski definition) is 1. The lowest BCUT2D eigenvalue weighted by Crippen LogP contribution is -2.45. The van der Waals surface area contributed by atoms with E-state index >= 15 is 0 Å². The van der Waals surface area contributed by atoms with E-state index in [4.69, 9.17) is 5.73 Å². The summed E-state index contributed by atoms with van der Waals surface area (Å²) < 4.78 is 26.9. The second-order valence-electron chi connectivity index (χ2n) is 5.73. The summed E-state index contributed by atoms with van der Waals surface area (Å²) in [5.41, 5.74) is 6.39. The third-order valence-corrected chi connectivity index (χ3v) is 3.54. The summed E-state index contributed by atoms with van der Waals surface area (Å²) >= 11 is 0. The Bertz CT molecular complexity index is 602. The van der Waals surface area contributed by atoms with Crippen molar-refractivity contribution in [3.05, 3.63) is 29.3 Å². The monoisotopic (exact) mass is 311 g/mol. The summed E-state index contributed by atoms with van der Waals surface area (Å²) in [5, 5.41) is 0. The molecule has 1 heterocycles. The molecule has 1 aliphatic rings. The van der Waals surface area contributed by atoms with Crippen molar-refractivity contribution in [2.24, 2.45) is 0 Å². The number of amides is 2. The highest BCUT2D eigenvalue weighted by molar-refractivity contribution is 6.00. The maximum atomic E-state index is 13.4. The van der Waals surface area contributed by atoms with Crippen LogP contribution in [0.2, 0.25) is 0 Å². The summed E-state index contributed by atoms with van der Waals surface area (Å²) in [7, 11) is 3.16. The topological polar surface area (TPSA) is 66.6 Å². The van der Waals surface area contributed by atoms with Crippen molar-refractivity contribution < 1.29 is 18.4 Å². The minimum atomic E-state index is -2.86.